The third kappa shape index (κ3) is 3.44. The number of anilines is 1. The molecule has 0 radical (unpaired) electrons. The highest BCUT2D eigenvalue weighted by molar-refractivity contribution is 5.40. The van der Waals surface area contributed by atoms with Crippen LogP contribution in [0.2, 0.25) is 0 Å². The molecule has 0 spiro atoms. The lowest BCUT2D eigenvalue weighted by molar-refractivity contribution is 0.401. The minimum atomic E-state index is 0.676. The van der Waals surface area contributed by atoms with Gasteiger partial charge in [0.1, 0.15) is 12.1 Å². The van der Waals surface area contributed by atoms with Crippen LogP contribution in [0.1, 0.15) is 51.6 Å². The van der Waals surface area contributed by atoms with Gasteiger partial charge in [0, 0.05) is 24.3 Å². The van der Waals surface area contributed by atoms with Crippen LogP contribution >= 0.6 is 0 Å². The predicted molar refractivity (Wildman–Crippen MR) is 75.8 cm³/mol. The number of nitrogens with zero attached hydrogens (tertiary/aromatic N) is 3. The summed E-state index contributed by atoms with van der Waals surface area (Å²) in [5, 5.41) is 0. The molecule has 100 valence electrons. The molecular formula is C15H25N3. The molecule has 3 heteroatoms. The van der Waals surface area contributed by atoms with Crippen molar-refractivity contribution >= 4 is 5.82 Å². The summed E-state index contributed by atoms with van der Waals surface area (Å²) >= 11 is 0. The molecule has 2 heterocycles. The smallest absolute Gasteiger partial charge is 0.132 e. The maximum Gasteiger partial charge on any atom is 0.132 e. The molecule has 1 aliphatic heterocycles. The molecule has 18 heavy (non-hydrogen) atoms. The molecule has 1 aliphatic rings. The van der Waals surface area contributed by atoms with Gasteiger partial charge in [-0.25, -0.2) is 9.97 Å². The molecule has 1 aromatic heterocycles. The zero-order valence-electron chi connectivity index (χ0n) is 11.9. The quantitative estimate of drug-likeness (QED) is 0.814. The van der Waals surface area contributed by atoms with Gasteiger partial charge in [-0.1, -0.05) is 13.8 Å². The van der Waals surface area contributed by atoms with Crippen LogP contribution in [0.15, 0.2) is 12.4 Å². The Kier molecular flexibility index (Phi) is 4.56. The van der Waals surface area contributed by atoms with Gasteiger partial charge in [-0.2, -0.15) is 0 Å². The van der Waals surface area contributed by atoms with Crippen molar-refractivity contribution in [3.8, 4) is 0 Å². The molecule has 0 aromatic carbocycles. The molecule has 2 rings (SSSR count). The first-order chi connectivity index (χ1) is 8.66. The Bertz CT molecular complexity index is 376. The van der Waals surface area contributed by atoms with Gasteiger partial charge in [0.15, 0.2) is 0 Å². The first-order valence-corrected chi connectivity index (χ1v) is 7.22. The maximum atomic E-state index is 4.46. The molecule has 1 saturated heterocycles. The Morgan fingerprint density at radius 3 is 2.89 bits per heavy atom. The highest BCUT2D eigenvalue weighted by Crippen LogP contribution is 2.26. The van der Waals surface area contributed by atoms with Gasteiger partial charge >= 0.3 is 0 Å². The minimum absolute atomic E-state index is 0.676. The molecule has 0 amide bonds. The lowest BCUT2D eigenvalue weighted by Crippen LogP contribution is -2.40. The van der Waals surface area contributed by atoms with Gasteiger partial charge in [-0.15, -0.1) is 0 Å². The summed E-state index contributed by atoms with van der Waals surface area (Å²) < 4.78 is 0. The van der Waals surface area contributed by atoms with Crippen LogP contribution in [0.3, 0.4) is 0 Å². The fraction of sp³-hybridized carbons (Fsp3) is 0.733. The van der Waals surface area contributed by atoms with Crippen molar-refractivity contribution in [2.75, 3.05) is 11.4 Å². The molecule has 1 aromatic rings. The Balaban J connectivity index is 2.07. The number of aromatic nitrogens is 2. The second-order valence-electron chi connectivity index (χ2n) is 5.83. The summed E-state index contributed by atoms with van der Waals surface area (Å²) in [4.78, 5) is 11.2. The Labute approximate surface area is 111 Å². The van der Waals surface area contributed by atoms with E-state index in [4.69, 9.17) is 0 Å². The van der Waals surface area contributed by atoms with Crippen LogP contribution in [0.5, 0.6) is 0 Å². The first kappa shape index (κ1) is 13.3. The van der Waals surface area contributed by atoms with Crippen molar-refractivity contribution in [3.63, 3.8) is 0 Å². The van der Waals surface area contributed by atoms with Crippen LogP contribution < -0.4 is 4.90 Å². The highest BCUT2D eigenvalue weighted by Gasteiger charge is 2.23. The Morgan fingerprint density at radius 2 is 2.17 bits per heavy atom. The van der Waals surface area contributed by atoms with Crippen molar-refractivity contribution in [2.45, 2.75) is 58.9 Å². The van der Waals surface area contributed by atoms with Crippen LogP contribution in [0, 0.1) is 12.8 Å². The lowest BCUT2D eigenvalue weighted by atomic mass is 9.95. The third-order valence-electron chi connectivity index (χ3n) is 3.79. The monoisotopic (exact) mass is 247 g/mol. The molecule has 1 unspecified atom stereocenters. The number of hydrogen-bond donors (Lipinski definition) is 0. The second kappa shape index (κ2) is 6.17. The van der Waals surface area contributed by atoms with E-state index in [1.165, 1.54) is 32.1 Å². The van der Waals surface area contributed by atoms with Gasteiger partial charge in [0.05, 0.1) is 0 Å². The number of hydrogen-bond acceptors (Lipinski definition) is 3. The summed E-state index contributed by atoms with van der Waals surface area (Å²) in [6.45, 7) is 7.81. The highest BCUT2D eigenvalue weighted by atomic mass is 15.2. The van der Waals surface area contributed by atoms with E-state index in [1.54, 1.807) is 6.33 Å². The summed E-state index contributed by atoms with van der Waals surface area (Å²) in [6, 6.07) is 2.80. The Morgan fingerprint density at radius 1 is 1.33 bits per heavy atom. The molecule has 0 aliphatic carbocycles. The molecule has 0 bridgehead atoms. The summed E-state index contributed by atoms with van der Waals surface area (Å²) in [5.74, 6) is 1.91. The van der Waals surface area contributed by atoms with Gasteiger partial charge in [-0.05, 0) is 44.9 Å². The SMILES string of the molecule is Cc1cc(N2CCCCC2CCC(C)C)ncn1. The maximum absolute atomic E-state index is 4.46. The standard InChI is InChI=1S/C15H25N3/c1-12(2)7-8-14-6-4-5-9-18(14)15-10-13(3)16-11-17-15/h10-12,14H,4-9H2,1-3H3. The van der Waals surface area contributed by atoms with E-state index in [0.717, 1.165) is 24.0 Å². The number of rotatable bonds is 4. The van der Waals surface area contributed by atoms with E-state index in [1.807, 2.05) is 6.92 Å². The molecular weight excluding hydrogens is 222 g/mol. The normalized spacial score (nSPS) is 20.4. The summed E-state index contributed by atoms with van der Waals surface area (Å²) in [5.41, 5.74) is 1.06. The average Bonchev–Trinajstić information content (AvgIpc) is 2.36. The van der Waals surface area contributed by atoms with E-state index < -0.39 is 0 Å². The van der Waals surface area contributed by atoms with Crippen molar-refractivity contribution in [3.05, 3.63) is 18.1 Å². The minimum Gasteiger partial charge on any atom is -0.354 e. The predicted octanol–water partition coefficient (Wildman–Crippen LogP) is 3.58. The van der Waals surface area contributed by atoms with Gasteiger partial charge < -0.3 is 4.90 Å². The molecule has 1 fully saturated rings. The van der Waals surface area contributed by atoms with Crippen LogP contribution in [-0.4, -0.2) is 22.6 Å². The largest absolute Gasteiger partial charge is 0.354 e. The van der Waals surface area contributed by atoms with Crippen LogP contribution in [0.25, 0.3) is 0 Å². The lowest BCUT2D eigenvalue weighted by Gasteiger charge is -2.37. The molecule has 1 atom stereocenters. The summed E-state index contributed by atoms with van der Waals surface area (Å²) in [6.07, 6.45) is 8.27. The first-order valence-electron chi connectivity index (χ1n) is 7.22. The topological polar surface area (TPSA) is 29.0 Å². The van der Waals surface area contributed by atoms with Gasteiger partial charge in [-0.3, -0.25) is 0 Å². The second-order valence-corrected chi connectivity index (χ2v) is 5.83. The van der Waals surface area contributed by atoms with Crippen molar-refractivity contribution < 1.29 is 0 Å². The van der Waals surface area contributed by atoms with E-state index in [2.05, 4.69) is 34.8 Å². The van der Waals surface area contributed by atoms with Gasteiger partial charge in [0.2, 0.25) is 0 Å². The number of aryl methyl sites for hydroxylation is 1. The zero-order valence-corrected chi connectivity index (χ0v) is 11.9. The van der Waals surface area contributed by atoms with E-state index in [-0.39, 0.29) is 0 Å². The van der Waals surface area contributed by atoms with Gasteiger partial charge in [0.25, 0.3) is 0 Å². The molecule has 0 saturated carbocycles. The fourth-order valence-electron chi connectivity index (χ4n) is 2.73. The molecule has 3 nitrogen and oxygen atoms in total. The van der Waals surface area contributed by atoms with Crippen LogP contribution in [-0.2, 0) is 0 Å². The third-order valence-corrected chi connectivity index (χ3v) is 3.79. The zero-order chi connectivity index (χ0) is 13.0. The van der Waals surface area contributed by atoms with Crippen molar-refractivity contribution in [1.29, 1.82) is 0 Å². The molecule has 0 N–H and O–H groups in total. The van der Waals surface area contributed by atoms with E-state index in [0.29, 0.717) is 6.04 Å². The van der Waals surface area contributed by atoms with Crippen LogP contribution in [0.4, 0.5) is 5.82 Å². The van der Waals surface area contributed by atoms with E-state index >= 15 is 0 Å². The average molecular weight is 247 g/mol. The fourth-order valence-corrected chi connectivity index (χ4v) is 2.73. The number of piperidine rings is 1. The van der Waals surface area contributed by atoms with E-state index in [9.17, 15) is 0 Å². The van der Waals surface area contributed by atoms with Crippen molar-refractivity contribution in [2.24, 2.45) is 5.92 Å². The Hall–Kier alpha value is -1.12. The van der Waals surface area contributed by atoms with Crippen molar-refractivity contribution in [1.82, 2.24) is 9.97 Å². The summed E-state index contributed by atoms with van der Waals surface area (Å²) in [7, 11) is 0.